The monoisotopic (exact) mass is 322 g/mol. The summed E-state index contributed by atoms with van der Waals surface area (Å²) in [7, 11) is 0. The van der Waals surface area contributed by atoms with Crippen molar-refractivity contribution in [2.45, 2.75) is 3.79 Å². The standard InChI is InChI=1S/C11H9Cl3N2O3/c12-11(13,14)10(17)15-7-1-2-8-3-5-9(6-4-8)16(18)19/h1-6H,7H2,(H,15,17)/b2-1+. The molecular weight excluding hydrogens is 314 g/mol. The predicted octanol–water partition coefficient (Wildman–Crippen LogP) is 3.09. The van der Waals surface area contributed by atoms with Crippen LogP contribution in [0.2, 0.25) is 0 Å². The van der Waals surface area contributed by atoms with Crippen molar-refractivity contribution >= 4 is 52.5 Å². The van der Waals surface area contributed by atoms with Gasteiger partial charge in [-0.3, -0.25) is 14.9 Å². The van der Waals surface area contributed by atoms with E-state index in [1.807, 2.05) is 0 Å². The van der Waals surface area contributed by atoms with Crippen molar-refractivity contribution in [1.82, 2.24) is 5.32 Å². The largest absolute Gasteiger partial charge is 0.349 e. The molecule has 8 heteroatoms. The van der Waals surface area contributed by atoms with Gasteiger partial charge in [-0.05, 0) is 17.7 Å². The molecule has 0 saturated heterocycles. The van der Waals surface area contributed by atoms with Gasteiger partial charge < -0.3 is 5.32 Å². The van der Waals surface area contributed by atoms with Gasteiger partial charge in [-0.15, -0.1) is 0 Å². The van der Waals surface area contributed by atoms with Crippen LogP contribution >= 0.6 is 34.8 Å². The van der Waals surface area contributed by atoms with Crippen LogP contribution in [-0.4, -0.2) is 21.2 Å². The van der Waals surface area contributed by atoms with Gasteiger partial charge in [0.05, 0.1) is 4.92 Å². The average Bonchev–Trinajstić information content (AvgIpc) is 2.33. The summed E-state index contributed by atoms with van der Waals surface area (Å²) >= 11 is 16.1. The summed E-state index contributed by atoms with van der Waals surface area (Å²) in [5, 5.41) is 12.8. The number of halogens is 3. The second-order valence-electron chi connectivity index (χ2n) is 3.46. The lowest BCUT2D eigenvalue weighted by atomic mass is 10.2. The third kappa shape index (κ3) is 5.46. The second kappa shape index (κ2) is 6.75. The summed E-state index contributed by atoms with van der Waals surface area (Å²) in [6, 6.07) is 5.95. The summed E-state index contributed by atoms with van der Waals surface area (Å²) in [6.07, 6.45) is 3.32. The number of hydrogen-bond donors (Lipinski definition) is 1. The van der Waals surface area contributed by atoms with E-state index in [0.717, 1.165) is 5.56 Å². The molecule has 19 heavy (non-hydrogen) atoms. The molecule has 1 N–H and O–H groups in total. The van der Waals surface area contributed by atoms with Gasteiger partial charge in [0.25, 0.3) is 15.4 Å². The van der Waals surface area contributed by atoms with Crippen molar-refractivity contribution in [1.29, 1.82) is 0 Å². The van der Waals surface area contributed by atoms with Crippen molar-refractivity contribution in [3.8, 4) is 0 Å². The Bertz CT molecular complexity index is 495. The van der Waals surface area contributed by atoms with Crippen molar-refractivity contribution in [3.63, 3.8) is 0 Å². The molecule has 0 radical (unpaired) electrons. The van der Waals surface area contributed by atoms with E-state index in [-0.39, 0.29) is 12.2 Å². The molecule has 0 aromatic heterocycles. The van der Waals surface area contributed by atoms with Gasteiger partial charge in [-0.2, -0.15) is 0 Å². The number of rotatable bonds is 4. The van der Waals surface area contributed by atoms with Gasteiger partial charge in [-0.1, -0.05) is 47.0 Å². The molecule has 1 amide bonds. The van der Waals surface area contributed by atoms with Crippen LogP contribution in [0.4, 0.5) is 5.69 Å². The summed E-state index contributed by atoms with van der Waals surface area (Å²) in [6.45, 7) is 0.184. The van der Waals surface area contributed by atoms with E-state index in [1.165, 1.54) is 12.1 Å². The minimum absolute atomic E-state index is 0.0154. The molecule has 0 aliphatic carbocycles. The highest BCUT2D eigenvalue weighted by molar-refractivity contribution is 6.76. The first-order valence-electron chi connectivity index (χ1n) is 5.07. The van der Waals surface area contributed by atoms with E-state index < -0.39 is 14.6 Å². The quantitative estimate of drug-likeness (QED) is 0.526. The number of non-ortho nitro benzene ring substituents is 1. The molecule has 0 unspecified atom stereocenters. The lowest BCUT2D eigenvalue weighted by molar-refractivity contribution is -0.384. The first-order chi connectivity index (χ1) is 8.80. The Hall–Kier alpha value is -1.30. The fourth-order valence-electron chi connectivity index (χ4n) is 1.15. The van der Waals surface area contributed by atoms with Crippen LogP contribution in [0.3, 0.4) is 0 Å². The third-order valence-corrected chi connectivity index (χ3v) is 2.57. The van der Waals surface area contributed by atoms with Gasteiger partial charge >= 0.3 is 0 Å². The number of carbonyl (C=O) groups is 1. The number of alkyl halides is 3. The zero-order chi connectivity index (χ0) is 14.5. The molecule has 0 saturated carbocycles. The molecule has 0 spiro atoms. The molecule has 0 bridgehead atoms. The highest BCUT2D eigenvalue weighted by atomic mass is 35.6. The summed E-state index contributed by atoms with van der Waals surface area (Å²) in [4.78, 5) is 21.1. The molecule has 0 atom stereocenters. The Balaban J connectivity index is 2.49. The molecule has 0 aliphatic rings. The zero-order valence-corrected chi connectivity index (χ0v) is 11.7. The summed E-state index contributed by atoms with van der Waals surface area (Å²) in [5.41, 5.74) is 0.774. The molecule has 0 aliphatic heterocycles. The Labute approximate surface area is 124 Å². The first kappa shape index (κ1) is 15.8. The highest BCUT2D eigenvalue weighted by Crippen LogP contribution is 2.25. The van der Waals surface area contributed by atoms with Gasteiger partial charge in [0.2, 0.25) is 0 Å². The topological polar surface area (TPSA) is 72.2 Å². The average molecular weight is 324 g/mol. The van der Waals surface area contributed by atoms with Crippen molar-refractivity contribution in [2.24, 2.45) is 0 Å². The number of nitrogens with zero attached hydrogens (tertiary/aromatic N) is 1. The molecule has 1 aromatic rings. The number of benzene rings is 1. The van der Waals surface area contributed by atoms with Gasteiger partial charge in [0, 0.05) is 18.7 Å². The summed E-state index contributed by atoms with van der Waals surface area (Å²) < 4.78 is -1.98. The van der Waals surface area contributed by atoms with Crippen LogP contribution in [0.25, 0.3) is 6.08 Å². The Kier molecular flexibility index (Phi) is 5.60. The predicted molar refractivity (Wildman–Crippen MR) is 75.4 cm³/mol. The Morgan fingerprint density at radius 1 is 1.32 bits per heavy atom. The van der Waals surface area contributed by atoms with E-state index in [9.17, 15) is 14.9 Å². The molecular formula is C11H9Cl3N2O3. The number of nitrogens with one attached hydrogen (secondary N) is 1. The van der Waals surface area contributed by atoms with Gasteiger partial charge in [0.15, 0.2) is 0 Å². The number of nitro benzene ring substituents is 1. The minimum Gasteiger partial charge on any atom is -0.349 e. The number of hydrogen-bond acceptors (Lipinski definition) is 3. The molecule has 0 heterocycles. The van der Waals surface area contributed by atoms with Crippen LogP contribution in [0, 0.1) is 10.1 Å². The fourth-order valence-corrected chi connectivity index (χ4v) is 1.35. The van der Waals surface area contributed by atoms with Crippen molar-refractivity contribution in [2.75, 3.05) is 6.54 Å². The smallest absolute Gasteiger partial charge is 0.272 e. The van der Waals surface area contributed by atoms with Crippen LogP contribution in [0.1, 0.15) is 5.56 Å². The van der Waals surface area contributed by atoms with Crippen LogP contribution < -0.4 is 5.32 Å². The first-order valence-corrected chi connectivity index (χ1v) is 6.20. The van der Waals surface area contributed by atoms with Gasteiger partial charge in [0.1, 0.15) is 0 Å². The van der Waals surface area contributed by atoms with Crippen LogP contribution in [0.15, 0.2) is 30.3 Å². The molecule has 5 nitrogen and oxygen atoms in total. The molecule has 102 valence electrons. The Morgan fingerprint density at radius 3 is 2.37 bits per heavy atom. The van der Waals surface area contributed by atoms with E-state index in [1.54, 1.807) is 24.3 Å². The van der Waals surface area contributed by atoms with Crippen LogP contribution in [-0.2, 0) is 4.79 Å². The van der Waals surface area contributed by atoms with E-state index in [0.29, 0.717) is 0 Å². The number of nitro groups is 1. The second-order valence-corrected chi connectivity index (χ2v) is 5.74. The molecule has 1 rings (SSSR count). The maximum absolute atomic E-state index is 11.2. The van der Waals surface area contributed by atoms with Crippen LogP contribution in [0.5, 0.6) is 0 Å². The maximum atomic E-state index is 11.2. The third-order valence-electron chi connectivity index (χ3n) is 2.05. The highest BCUT2D eigenvalue weighted by Gasteiger charge is 2.29. The SMILES string of the molecule is O=C(NC/C=C/c1ccc([N+](=O)[O-])cc1)C(Cl)(Cl)Cl. The van der Waals surface area contributed by atoms with Crippen molar-refractivity contribution < 1.29 is 9.72 Å². The Morgan fingerprint density at radius 2 is 1.89 bits per heavy atom. The van der Waals surface area contributed by atoms with Gasteiger partial charge in [-0.25, -0.2) is 0 Å². The van der Waals surface area contributed by atoms with Crippen molar-refractivity contribution in [3.05, 3.63) is 46.0 Å². The normalized spacial score (nSPS) is 11.5. The minimum atomic E-state index is -1.98. The van der Waals surface area contributed by atoms with E-state index >= 15 is 0 Å². The lowest BCUT2D eigenvalue weighted by Gasteiger charge is -2.09. The zero-order valence-electron chi connectivity index (χ0n) is 9.48. The van der Waals surface area contributed by atoms with E-state index in [2.05, 4.69) is 5.32 Å². The fraction of sp³-hybridized carbons (Fsp3) is 0.182. The molecule has 0 fully saturated rings. The lowest BCUT2D eigenvalue weighted by Crippen LogP contribution is -2.34. The maximum Gasteiger partial charge on any atom is 0.272 e. The molecule has 1 aromatic carbocycles. The van der Waals surface area contributed by atoms with E-state index in [4.69, 9.17) is 34.8 Å². The number of amides is 1. The summed E-state index contributed by atoms with van der Waals surface area (Å²) in [5.74, 6) is -0.717. The number of carbonyl (C=O) groups excluding carboxylic acids is 1.